The minimum absolute atomic E-state index is 0.166. The lowest BCUT2D eigenvalue weighted by Gasteiger charge is -2.29. The zero-order valence-corrected chi connectivity index (χ0v) is 18.2. The smallest absolute Gasteiger partial charge is 0.228 e. The van der Waals surface area contributed by atoms with E-state index >= 15 is 0 Å². The maximum Gasteiger partial charge on any atom is 0.228 e. The Morgan fingerprint density at radius 3 is 2.62 bits per heavy atom. The number of hydrogen-bond acceptors (Lipinski definition) is 6. The number of hydrogen-bond donors (Lipinski definition) is 0. The van der Waals surface area contributed by atoms with Crippen LogP contribution in [0.25, 0.3) is 28.0 Å². The Morgan fingerprint density at radius 2 is 1.79 bits per heavy atom. The molecular formula is C27H18N4O3. The third kappa shape index (κ3) is 2.73. The van der Waals surface area contributed by atoms with Crippen LogP contribution < -0.4 is 9.47 Å². The van der Waals surface area contributed by atoms with Gasteiger partial charge in [-0.05, 0) is 46.7 Å². The Kier molecular flexibility index (Phi) is 3.99. The van der Waals surface area contributed by atoms with Gasteiger partial charge in [0.05, 0.1) is 18.9 Å². The predicted octanol–water partition coefficient (Wildman–Crippen LogP) is 5.83. The summed E-state index contributed by atoms with van der Waals surface area (Å²) in [5, 5.41) is 6.88. The second-order valence-electron chi connectivity index (χ2n) is 8.15. The molecule has 34 heavy (non-hydrogen) atoms. The predicted molar refractivity (Wildman–Crippen MR) is 126 cm³/mol. The van der Waals surface area contributed by atoms with Crippen molar-refractivity contribution < 1.29 is 13.9 Å². The topological polar surface area (TPSA) is 74.7 Å². The summed E-state index contributed by atoms with van der Waals surface area (Å²) in [6, 6.07) is 24.2. The van der Waals surface area contributed by atoms with Crippen LogP contribution in [0.2, 0.25) is 0 Å². The number of rotatable bonds is 3. The van der Waals surface area contributed by atoms with Gasteiger partial charge in [-0.3, -0.25) is 0 Å². The molecule has 0 N–H and O–H groups in total. The van der Waals surface area contributed by atoms with Crippen LogP contribution in [0, 0.1) is 0 Å². The molecule has 164 valence electrons. The van der Waals surface area contributed by atoms with E-state index in [1.54, 1.807) is 24.2 Å². The lowest BCUT2D eigenvalue weighted by molar-refractivity contribution is 0.414. The van der Waals surface area contributed by atoms with Crippen LogP contribution in [-0.4, -0.2) is 26.7 Å². The normalized spacial score (nSPS) is 14.6. The number of furan rings is 1. The van der Waals surface area contributed by atoms with Gasteiger partial charge in [0.1, 0.15) is 17.8 Å². The summed E-state index contributed by atoms with van der Waals surface area (Å²) in [5.74, 6) is 3.04. The van der Waals surface area contributed by atoms with Crippen LogP contribution in [0.1, 0.15) is 22.6 Å². The Bertz CT molecular complexity index is 1670. The van der Waals surface area contributed by atoms with E-state index in [4.69, 9.17) is 18.9 Å². The van der Waals surface area contributed by atoms with Crippen molar-refractivity contribution in [3.8, 4) is 29.0 Å². The minimum Gasteiger partial charge on any atom is -0.497 e. The summed E-state index contributed by atoms with van der Waals surface area (Å²) in [7, 11) is 1.67. The molecule has 0 spiro atoms. The molecule has 7 rings (SSSR count). The van der Waals surface area contributed by atoms with Crippen molar-refractivity contribution in [3.63, 3.8) is 0 Å². The third-order valence-electron chi connectivity index (χ3n) is 6.29. The molecule has 0 radical (unpaired) electrons. The van der Waals surface area contributed by atoms with Crippen LogP contribution in [0.4, 0.5) is 0 Å². The van der Waals surface area contributed by atoms with E-state index in [0.29, 0.717) is 23.1 Å². The second-order valence-corrected chi connectivity index (χ2v) is 8.15. The first kappa shape index (κ1) is 18.9. The largest absolute Gasteiger partial charge is 0.497 e. The van der Waals surface area contributed by atoms with Crippen LogP contribution in [0.5, 0.6) is 17.4 Å². The van der Waals surface area contributed by atoms with E-state index < -0.39 is 0 Å². The van der Waals surface area contributed by atoms with Gasteiger partial charge in [0.2, 0.25) is 11.7 Å². The average molecular weight is 446 g/mol. The standard InChI is InChI=1S/C27H18N4O3/c1-32-18-11-8-17(9-12-18)22-23-19-6-3-2-5-16(19)10-13-20(23)34-27-24(22)26-29-25(21-7-4-14-33-21)30-31(26)15-28-27/h2-15,22H,1H3/t22-/m0/s1. The number of ether oxygens (including phenoxy) is 2. The fourth-order valence-electron chi connectivity index (χ4n) is 4.74. The summed E-state index contributed by atoms with van der Waals surface area (Å²) >= 11 is 0. The first-order valence-corrected chi connectivity index (χ1v) is 10.9. The van der Waals surface area contributed by atoms with Crippen LogP contribution in [0.3, 0.4) is 0 Å². The second kappa shape index (κ2) is 7.18. The van der Waals surface area contributed by atoms with Gasteiger partial charge >= 0.3 is 0 Å². The van der Waals surface area contributed by atoms with Gasteiger partial charge < -0.3 is 13.9 Å². The Hall–Kier alpha value is -4.65. The Labute approximate surface area is 194 Å². The maximum atomic E-state index is 6.35. The molecule has 0 unspecified atom stereocenters. The van der Waals surface area contributed by atoms with Crippen LogP contribution >= 0.6 is 0 Å². The van der Waals surface area contributed by atoms with Crippen LogP contribution in [0.15, 0.2) is 89.8 Å². The van der Waals surface area contributed by atoms with Gasteiger partial charge in [0.25, 0.3) is 0 Å². The maximum absolute atomic E-state index is 6.35. The van der Waals surface area contributed by atoms with E-state index in [2.05, 4.69) is 40.4 Å². The SMILES string of the molecule is COc1ccc([C@H]2c3c(ccc4ccccc34)Oc3ncn4nc(-c5ccco5)nc4c32)cc1. The number of aromatic nitrogens is 4. The lowest BCUT2D eigenvalue weighted by Crippen LogP contribution is -2.15. The molecule has 1 aliphatic heterocycles. The molecule has 3 aromatic heterocycles. The van der Waals surface area contributed by atoms with Crippen molar-refractivity contribution >= 4 is 16.4 Å². The fourth-order valence-corrected chi connectivity index (χ4v) is 4.74. The fraction of sp³-hybridized carbons (Fsp3) is 0.0741. The van der Waals surface area contributed by atoms with E-state index in [-0.39, 0.29) is 5.92 Å². The Morgan fingerprint density at radius 1 is 0.912 bits per heavy atom. The van der Waals surface area contributed by atoms with Crippen LogP contribution in [-0.2, 0) is 0 Å². The first-order chi connectivity index (χ1) is 16.8. The molecule has 1 atom stereocenters. The van der Waals surface area contributed by atoms with Crippen molar-refractivity contribution in [2.75, 3.05) is 7.11 Å². The van der Waals surface area contributed by atoms with Gasteiger partial charge in [-0.2, -0.15) is 0 Å². The van der Waals surface area contributed by atoms with E-state index in [1.165, 1.54) is 0 Å². The highest BCUT2D eigenvalue weighted by molar-refractivity contribution is 5.90. The van der Waals surface area contributed by atoms with Crippen molar-refractivity contribution in [3.05, 3.63) is 102 Å². The number of fused-ring (bicyclic) bond motifs is 6. The highest BCUT2D eigenvalue weighted by Crippen LogP contribution is 2.50. The molecule has 3 aromatic carbocycles. The van der Waals surface area contributed by atoms with Crippen molar-refractivity contribution in [2.24, 2.45) is 0 Å². The van der Waals surface area contributed by atoms with E-state index in [1.807, 2.05) is 42.5 Å². The number of benzene rings is 3. The minimum atomic E-state index is -0.166. The molecule has 4 heterocycles. The monoisotopic (exact) mass is 446 g/mol. The van der Waals surface area contributed by atoms with Crippen molar-refractivity contribution in [1.82, 2.24) is 19.6 Å². The lowest BCUT2D eigenvalue weighted by atomic mass is 9.81. The third-order valence-corrected chi connectivity index (χ3v) is 6.29. The van der Waals surface area contributed by atoms with Gasteiger partial charge in [0, 0.05) is 11.5 Å². The van der Waals surface area contributed by atoms with Crippen molar-refractivity contribution in [1.29, 1.82) is 0 Å². The first-order valence-electron chi connectivity index (χ1n) is 10.9. The summed E-state index contributed by atoms with van der Waals surface area (Å²) in [5.41, 5.74) is 3.70. The molecule has 1 aliphatic rings. The average Bonchev–Trinajstić information content (AvgIpc) is 3.57. The summed E-state index contributed by atoms with van der Waals surface area (Å²) < 4.78 is 19.0. The summed E-state index contributed by atoms with van der Waals surface area (Å²) in [6.07, 6.45) is 3.24. The van der Waals surface area contributed by atoms with Gasteiger partial charge in [-0.25, -0.2) is 14.5 Å². The molecule has 0 saturated heterocycles. The summed E-state index contributed by atoms with van der Waals surface area (Å²) in [4.78, 5) is 9.46. The molecule has 0 fully saturated rings. The molecule has 7 nitrogen and oxygen atoms in total. The van der Waals surface area contributed by atoms with Crippen molar-refractivity contribution in [2.45, 2.75) is 5.92 Å². The quantitative estimate of drug-likeness (QED) is 0.340. The molecule has 0 amide bonds. The molecule has 6 aromatic rings. The number of nitrogens with zero attached hydrogens (tertiary/aromatic N) is 4. The molecule has 0 saturated carbocycles. The molecule has 0 bridgehead atoms. The highest BCUT2D eigenvalue weighted by atomic mass is 16.5. The molecular weight excluding hydrogens is 428 g/mol. The number of methoxy groups -OCH3 is 1. The zero-order valence-electron chi connectivity index (χ0n) is 18.2. The summed E-state index contributed by atoms with van der Waals surface area (Å²) in [6.45, 7) is 0. The van der Waals surface area contributed by atoms with Gasteiger partial charge in [0.15, 0.2) is 11.4 Å². The van der Waals surface area contributed by atoms with Gasteiger partial charge in [-0.15, -0.1) is 5.10 Å². The zero-order chi connectivity index (χ0) is 22.6. The van der Waals surface area contributed by atoms with E-state index in [0.717, 1.165) is 39.0 Å². The Balaban J connectivity index is 1.54. The van der Waals surface area contributed by atoms with Gasteiger partial charge in [-0.1, -0.05) is 42.5 Å². The molecule has 7 heteroatoms. The molecule has 0 aliphatic carbocycles. The highest BCUT2D eigenvalue weighted by Gasteiger charge is 2.34. The van der Waals surface area contributed by atoms with E-state index in [9.17, 15) is 0 Å².